The molecule has 2 saturated heterocycles. The zero-order chi connectivity index (χ0) is 13.8. The molecule has 0 aliphatic carbocycles. The largest absolute Gasteiger partial charge is 0.469 e. The van der Waals surface area contributed by atoms with Gasteiger partial charge in [0, 0.05) is 25.6 Å². The molecule has 0 amide bonds. The van der Waals surface area contributed by atoms with Crippen LogP contribution in [0.15, 0.2) is 22.8 Å². The van der Waals surface area contributed by atoms with Crippen molar-refractivity contribution in [2.45, 2.75) is 44.2 Å². The Bertz CT molecular complexity index is 387. The highest BCUT2D eigenvalue weighted by atomic mass is 16.3. The van der Waals surface area contributed by atoms with Gasteiger partial charge in [-0.2, -0.15) is 0 Å². The second-order valence-electron chi connectivity index (χ2n) is 6.17. The van der Waals surface area contributed by atoms with Crippen molar-refractivity contribution >= 4 is 0 Å². The molecule has 1 aromatic heterocycles. The van der Waals surface area contributed by atoms with E-state index in [9.17, 15) is 5.11 Å². The summed E-state index contributed by atoms with van der Waals surface area (Å²) < 4.78 is 5.36. The average Bonchev–Trinajstić information content (AvgIpc) is 3.10. The number of likely N-dealkylation sites (tertiary alicyclic amines) is 2. The number of aliphatic hydroxyl groups is 1. The maximum absolute atomic E-state index is 10.3. The highest BCUT2D eigenvalue weighted by Crippen LogP contribution is 2.21. The minimum atomic E-state index is -0.170. The summed E-state index contributed by atoms with van der Waals surface area (Å²) in [4.78, 5) is 4.91. The number of rotatable bonds is 5. The molecule has 0 unspecified atom stereocenters. The maximum Gasteiger partial charge on any atom is 0.103 e. The zero-order valence-electron chi connectivity index (χ0n) is 12.2. The Morgan fingerprint density at radius 3 is 2.80 bits per heavy atom. The molecule has 0 saturated carbocycles. The first-order valence-corrected chi connectivity index (χ1v) is 8.00. The van der Waals surface area contributed by atoms with E-state index in [-0.39, 0.29) is 6.10 Å². The molecule has 2 aliphatic rings. The lowest BCUT2D eigenvalue weighted by Crippen LogP contribution is -2.45. The number of β-amino-alcohol motifs (C(OH)–C–C–N with tert-alkyl or cyclic N) is 1. The van der Waals surface area contributed by atoms with Gasteiger partial charge < -0.3 is 9.52 Å². The molecule has 0 spiro atoms. The van der Waals surface area contributed by atoms with Gasteiger partial charge in [0.05, 0.1) is 12.4 Å². The molecular weight excluding hydrogens is 252 g/mol. The zero-order valence-corrected chi connectivity index (χ0v) is 12.2. The number of nitrogens with zero attached hydrogens (tertiary/aromatic N) is 2. The lowest BCUT2D eigenvalue weighted by molar-refractivity contribution is 0.0706. The molecule has 4 nitrogen and oxygen atoms in total. The van der Waals surface area contributed by atoms with Gasteiger partial charge in [0.1, 0.15) is 5.76 Å². The van der Waals surface area contributed by atoms with Crippen LogP contribution in [0, 0.1) is 0 Å². The highest BCUT2D eigenvalue weighted by Gasteiger charge is 2.35. The number of hydrogen-bond donors (Lipinski definition) is 1. The minimum absolute atomic E-state index is 0.170. The summed E-state index contributed by atoms with van der Waals surface area (Å²) in [5.41, 5.74) is 0. The van der Waals surface area contributed by atoms with Crippen LogP contribution in [-0.4, -0.2) is 59.8 Å². The fraction of sp³-hybridized carbons (Fsp3) is 0.750. The van der Waals surface area contributed by atoms with Crippen LogP contribution in [0.5, 0.6) is 0 Å². The normalized spacial score (nSPS) is 29.1. The van der Waals surface area contributed by atoms with Crippen LogP contribution >= 0.6 is 0 Å². The topological polar surface area (TPSA) is 39.9 Å². The molecule has 1 aromatic rings. The monoisotopic (exact) mass is 278 g/mol. The fourth-order valence-corrected chi connectivity index (χ4v) is 3.57. The summed E-state index contributed by atoms with van der Waals surface area (Å²) in [5, 5.41) is 10.3. The van der Waals surface area contributed by atoms with Gasteiger partial charge in [0.2, 0.25) is 0 Å². The van der Waals surface area contributed by atoms with Gasteiger partial charge in [-0.1, -0.05) is 6.42 Å². The lowest BCUT2D eigenvalue weighted by Gasteiger charge is -2.33. The third-order valence-corrected chi connectivity index (χ3v) is 4.67. The molecule has 112 valence electrons. The Labute approximate surface area is 121 Å². The van der Waals surface area contributed by atoms with Crippen molar-refractivity contribution in [3.05, 3.63) is 24.2 Å². The molecule has 2 atom stereocenters. The van der Waals surface area contributed by atoms with Crippen molar-refractivity contribution in [2.75, 3.05) is 32.7 Å². The fourth-order valence-electron chi connectivity index (χ4n) is 3.57. The molecule has 0 bridgehead atoms. The van der Waals surface area contributed by atoms with Gasteiger partial charge in [0.25, 0.3) is 0 Å². The van der Waals surface area contributed by atoms with Crippen molar-refractivity contribution in [1.29, 1.82) is 0 Å². The molecular formula is C16H26N2O2. The Morgan fingerprint density at radius 2 is 2.05 bits per heavy atom. The Hall–Kier alpha value is -0.840. The number of hydrogen-bond acceptors (Lipinski definition) is 4. The van der Waals surface area contributed by atoms with Crippen molar-refractivity contribution < 1.29 is 9.52 Å². The van der Waals surface area contributed by atoms with Crippen LogP contribution in [0.1, 0.15) is 31.4 Å². The van der Waals surface area contributed by atoms with E-state index in [1.54, 1.807) is 6.26 Å². The van der Waals surface area contributed by atoms with E-state index in [4.69, 9.17) is 4.42 Å². The van der Waals surface area contributed by atoms with Crippen LogP contribution in [0.3, 0.4) is 0 Å². The Morgan fingerprint density at radius 1 is 1.20 bits per heavy atom. The van der Waals surface area contributed by atoms with Gasteiger partial charge in [0.15, 0.2) is 0 Å². The van der Waals surface area contributed by atoms with Crippen LogP contribution in [0.2, 0.25) is 0 Å². The first kappa shape index (κ1) is 14.1. The van der Waals surface area contributed by atoms with E-state index >= 15 is 0 Å². The van der Waals surface area contributed by atoms with Crippen molar-refractivity contribution in [3.63, 3.8) is 0 Å². The summed E-state index contributed by atoms with van der Waals surface area (Å²) in [6.45, 7) is 5.25. The standard InChI is InChI=1S/C16H26N2O2/c19-16-13-17(8-4-6-14-7-5-11-20-14)12-15(16)18-9-2-1-3-10-18/h5,7,11,15-16,19H,1-4,6,8-10,12-13H2/t15-,16-/m0/s1. The SMILES string of the molecule is O[C@H]1CN(CCCc2ccco2)C[C@@H]1N1CCCCC1. The van der Waals surface area contributed by atoms with E-state index in [1.165, 1.54) is 32.4 Å². The first-order valence-electron chi connectivity index (χ1n) is 8.00. The van der Waals surface area contributed by atoms with Crippen LogP contribution < -0.4 is 0 Å². The second-order valence-corrected chi connectivity index (χ2v) is 6.17. The number of aliphatic hydroxyl groups excluding tert-OH is 1. The molecule has 0 aromatic carbocycles. The third kappa shape index (κ3) is 3.43. The molecule has 2 aliphatic heterocycles. The van der Waals surface area contributed by atoms with Gasteiger partial charge in [-0.25, -0.2) is 0 Å². The summed E-state index contributed by atoms with van der Waals surface area (Å²) in [7, 11) is 0. The first-order chi connectivity index (χ1) is 9.83. The van der Waals surface area contributed by atoms with Crippen LogP contribution in [0.4, 0.5) is 0 Å². The van der Waals surface area contributed by atoms with E-state index < -0.39 is 0 Å². The van der Waals surface area contributed by atoms with Crippen molar-refractivity contribution in [1.82, 2.24) is 9.80 Å². The van der Waals surface area contributed by atoms with Crippen molar-refractivity contribution in [3.8, 4) is 0 Å². The molecule has 1 N–H and O–H groups in total. The lowest BCUT2D eigenvalue weighted by atomic mass is 10.1. The van der Waals surface area contributed by atoms with Gasteiger partial charge in [-0.05, 0) is 51.0 Å². The van der Waals surface area contributed by atoms with Gasteiger partial charge in [-0.3, -0.25) is 9.80 Å². The highest BCUT2D eigenvalue weighted by molar-refractivity contribution is 4.98. The molecule has 2 fully saturated rings. The molecule has 4 heteroatoms. The Kier molecular flexibility index (Phi) is 4.76. The quantitative estimate of drug-likeness (QED) is 0.890. The maximum atomic E-state index is 10.3. The van der Waals surface area contributed by atoms with E-state index in [0.29, 0.717) is 6.04 Å². The third-order valence-electron chi connectivity index (χ3n) is 4.67. The molecule has 3 heterocycles. The smallest absolute Gasteiger partial charge is 0.103 e. The minimum Gasteiger partial charge on any atom is -0.469 e. The van der Waals surface area contributed by atoms with Crippen molar-refractivity contribution in [2.24, 2.45) is 0 Å². The predicted octanol–water partition coefficient (Wildman–Crippen LogP) is 1.74. The van der Waals surface area contributed by atoms with E-state index in [2.05, 4.69) is 9.80 Å². The summed E-state index contributed by atoms with van der Waals surface area (Å²) in [6.07, 6.45) is 7.61. The molecule has 3 rings (SSSR count). The summed E-state index contributed by atoms with van der Waals surface area (Å²) >= 11 is 0. The van der Waals surface area contributed by atoms with Gasteiger partial charge >= 0.3 is 0 Å². The van der Waals surface area contributed by atoms with Crippen LogP contribution in [0.25, 0.3) is 0 Å². The van der Waals surface area contributed by atoms with Gasteiger partial charge in [-0.15, -0.1) is 0 Å². The van der Waals surface area contributed by atoms with E-state index in [1.807, 2.05) is 12.1 Å². The Balaban J connectivity index is 1.43. The average molecular weight is 278 g/mol. The second kappa shape index (κ2) is 6.74. The summed E-state index contributed by atoms with van der Waals surface area (Å²) in [6, 6.07) is 4.34. The predicted molar refractivity (Wildman–Crippen MR) is 78.7 cm³/mol. The molecule has 0 radical (unpaired) electrons. The van der Waals surface area contributed by atoms with E-state index in [0.717, 1.165) is 38.2 Å². The molecule has 20 heavy (non-hydrogen) atoms. The number of furan rings is 1. The van der Waals surface area contributed by atoms with Crippen LogP contribution in [-0.2, 0) is 6.42 Å². The number of piperidine rings is 1. The number of aryl methyl sites for hydroxylation is 1. The summed E-state index contributed by atoms with van der Waals surface area (Å²) in [5.74, 6) is 1.07.